The molecule has 1 N–H and O–H groups in total. The Labute approximate surface area is 211 Å². The Morgan fingerprint density at radius 3 is 2.26 bits per heavy atom. The molecule has 0 aliphatic heterocycles. The van der Waals surface area contributed by atoms with Gasteiger partial charge >= 0.3 is 0 Å². The molecule has 0 bridgehead atoms. The Kier molecular flexibility index (Phi) is 9.01. The average Bonchev–Trinajstić information content (AvgIpc) is 2.86. The zero-order valence-corrected chi connectivity index (χ0v) is 21.5. The minimum atomic E-state index is -4.12. The Bertz CT molecular complexity index is 1230. The van der Waals surface area contributed by atoms with Crippen LogP contribution in [0, 0.1) is 0 Å². The molecule has 3 aromatic rings. The third-order valence-corrected chi connectivity index (χ3v) is 7.48. The third kappa shape index (κ3) is 6.90. The van der Waals surface area contributed by atoms with Crippen molar-refractivity contribution in [1.29, 1.82) is 0 Å². The van der Waals surface area contributed by atoms with Gasteiger partial charge in [0.1, 0.15) is 6.54 Å². The van der Waals surface area contributed by atoms with E-state index >= 15 is 0 Å². The lowest BCUT2D eigenvalue weighted by Crippen LogP contribution is -2.43. The number of halogens is 1. The standard InChI is InChI=1S/C26H29ClN2O5S/c1-19(9-10-20-7-5-4-6-8-20)28-26(30)18-29(22-13-11-21(27)12-14-22)35(31,32)23-15-16-24(33-2)25(17-23)34-3/h4-8,11-17,19H,9-10,18H2,1-3H3,(H,28,30)/t19-/m0/s1. The van der Waals surface area contributed by atoms with Gasteiger partial charge in [-0.3, -0.25) is 9.10 Å². The van der Waals surface area contributed by atoms with Gasteiger partial charge in [-0.25, -0.2) is 8.42 Å². The molecule has 0 radical (unpaired) electrons. The van der Waals surface area contributed by atoms with Gasteiger partial charge in [0.05, 0.1) is 24.8 Å². The molecule has 0 aliphatic carbocycles. The quantitative estimate of drug-likeness (QED) is 0.399. The Morgan fingerprint density at radius 2 is 1.63 bits per heavy atom. The number of hydrogen-bond acceptors (Lipinski definition) is 5. The molecule has 35 heavy (non-hydrogen) atoms. The van der Waals surface area contributed by atoms with E-state index in [4.69, 9.17) is 21.1 Å². The number of carbonyl (C=O) groups is 1. The molecule has 0 heterocycles. The van der Waals surface area contributed by atoms with Crippen molar-refractivity contribution in [3.05, 3.63) is 83.4 Å². The fraction of sp³-hybridized carbons (Fsp3) is 0.269. The van der Waals surface area contributed by atoms with Crippen LogP contribution in [-0.4, -0.2) is 41.1 Å². The van der Waals surface area contributed by atoms with Crippen LogP contribution in [0.2, 0.25) is 5.02 Å². The van der Waals surface area contributed by atoms with Crippen molar-refractivity contribution < 1.29 is 22.7 Å². The van der Waals surface area contributed by atoms with Gasteiger partial charge in [0.2, 0.25) is 5.91 Å². The van der Waals surface area contributed by atoms with Crippen molar-refractivity contribution in [2.45, 2.75) is 30.7 Å². The highest BCUT2D eigenvalue weighted by Crippen LogP contribution is 2.32. The number of nitrogens with one attached hydrogen (secondary N) is 1. The van der Waals surface area contributed by atoms with Crippen LogP contribution in [0.5, 0.6) is 11.5 Å². The van der Waals surface area contributed by atoms with Crippen LogP contribution >= 0.6 is 11.6 Å². The van der Waals surface area contributed by atoms with Crippen LogP contribution in [0.3, 0.4) is 0 Å². The normalized spacial score (nSPS) is 12.0. The first-order valence-electron chi connectivity index (χ1n) is 11.1. The number of rotatable bonds is 11. The number of sulfonamides is 1. The molecule has 1 amide bonds. The number of amides is 1. The first-order valence-corrected chi connectivity index (χ1v) is 12.9. The summed E-state index contributed by atoms with van der Waals surface area (Å²) < 4.78 is 38.8. The number of methoxy groups -OCH3 is 2. The van der Waals surface area contributed by atoms with Crippen molar-refractivity contribution in [2.24, 2.45) is 0 Å². The summed E-state index contributed by atoms with van der Waals surface area (Å²) in [5.41, 5.74) is 1.49. The van der Waals surface area contributed by atoms with Crippen molar-refractivity contribution in [3.8, 4) is 11.5 Å². The van der Waals surface area contributed by atoms with Gasteiger partial charge in [0, 0.05) is 17.1 Å². The topological polar surface area (TPSA) is 84.9 Å². The molecule has 3 rings (SSSR count). The molecule has 7 nitrogen and oxygen atoms in total. The van der Waals surface area contributed by atoms with Crippen molar-refractivity contribution in [1.82, 2.24) is 5.32 Å². The van der Waals surface area contributed by atoms with E-state index in [9.17, 15) is 13.2 Å². The maximum Gasteiger partial charge on any atom is 0.264 e. The van der Waals surface area contributed by atoms with Gasteiger partial charge < -0.3 is 14.8 Å². The maximum atomic E-state index is 13.6. The molecule has 0 spiro atoms. The second kappa shape index (κ2) is 12.0. The summed E-state index contributed by atoms with van der Waals surface area (Å²) in [4.78, 5) is 12.9. The highest BCUT2D eigenvalue weighted by Gasteiger charge is 2.28. The molecular formula is C26H29ClN2O5S. The first kappa shape index (κ1) is 26.4. The molecule has 0 saturated heterocycles. The zero-order valence-electron chi connectivity index (χ0n) is 19.9. The van der Waals surface area contributed by atoms with E-state index in [-0.39, 0.29) is 16.7 Å². The first-order chi connectivity index (χ1) is 16.7. The predicted octanol–water partition coefficient (Wildman–Crippen LogP) is 4.69. The smallest absolute Gasteiger partial charge is 0.264 e. The largest absolute Gasteiger partial charge is 0.493 e. The second-order valence-corrected chi connectivity index (χ2v) is 10.3. The molecule has 1 atom stereocenters. The fourth-order valence-electron chi connectivity index (χ4n) is 3.58. The van der Waals surface area contributed by atoms with E-state index in [1.165, 1.54) is 38.0 Å². The lowest BCUT2D eigenvalue weighted by Gasteiger charge is -2.25. The monoisotopic (exact) mass is 516 g/mol. The Morgan fingerprint density at radius 1 is 0.971 bits per heavy atom. The van der Waals surface area contributed by atoms with Crippen molar-refractivity contribution in [2.75, 3.05) is 25.1 Å². The maximum absolute atomic E-state index is 13.6. The minimum Gasteiger partial charge on any atom is -0.493 e. The molecule has 3 aromatic carbocycles. The van der Waals surface area contributed by atoms with Gasteiger partial charge in [0.15, 0.2) is 11.5 Å². The lowest BCUT2D eigenvalue weighted by molar-refractivity contribution is -0.120. The number of carbonyl (C=O) groups excluding carboxylic acids is 1. The van der Waals surface area contributed by atoms with E-state index in [1.54, 1.807) is 24.3 Å². The van der Waals surface area contributed by atoms with Crippen LogP contribution < -0.4 is 19.1 Å². The summed E-state index contributed by atoms with van der Waals surface area (Å²) in [6, 6.07) is 20.4. The molecule has 9 heteroatoms. The number of anilines is 1. The fourth-order valence-corrected chi connectivity index (χ4v) is 5.14. The molecule has 0 fully saturated rings. The van der Waals surface area contributed by atoms with E-state index in [2.05, 4.69) is 5.32 Å². The zero-order chi connectivity index (χ0) is 25.4. The average molecular weight is 517 g/mol. The van der Waals surface area contributed by atoms with Gasteiger partial charge in [0.25, 0.3) is 10.0 Å². The van der Waals surface area contributed by atoms with Gasteiger partial charge in [-0.05, 0) is 61.7 Å². The number of ether oxygens (including phenoxy) is 2. The van der Waals surface area contributed by atoms with Gasteiger partial charge in [-0.15, -0.1) is 0 Å². The summed E-state index contributed by atoms with van der Waals surface area (Å²) in [5, 5.41) is 3.37. The molecule has 0 saturated carbocycles. The SMILES string of the molecule is COc1ccc(S(=O)(=O)N(CC(=O)N[C@@H](C)CCc2ccccc2)c2ccc(Cl)cc2)cc1OC. The Balaban J connectivity index is 1.82. The van der Waals surface area contributed by atoms with E-state index in [1.807, 2.05) is 37.3 Å². The van der Waals surface area contributed by atoms with Crippen LogP contribution in [0.25, 0.3) is 0 Å². The number of benzene rings is 3. The molecular weight excluding hydrogens is 488 g/mol. The van der Waals surface area contributed by atoms with Crippen LogP contribution in [0.1, 0.15) is 18.9 Å². The number of hydrogen-bond donors (Lipinski definition) is 1. The molecule has 0 aromatic heterocycles. The minimum absolute atomic E-state index is 0.0324. The summed E-state index contributed by atoms with van der Waals surface area (Å²) in [5.74, 6) is 0.252. The summed E-state index contributed by atoms with van der Waals surface area (Å²) in [7, 11) is -1.22. The molecule has 186 valence electrons. The second-order valence-electron chi connectivity index (χ2n) is 8.00. The van der Waals surface area contributed by atoms with E-state index in [0.717, 1.165) is 17.1 Å². The molecule has 0 unspecified atom stereocenters. The van der Waals surface area contributed by atoms with Crippen LogP contribution in [0.15, 0.2) is 77.7 Å². The summed E-state index contributed by atoms with van der Waals surface area (Å²) in [6.45, 7) is 1.50. The highest BCUT2D eigenvalue weighted by atomic mass is 35.5. The van der Waals surface area contributed by atoms with Gasteiger partial charge in [-0.1, -0.05) is 41.9 Å². The van der Waals surface area contributed by atoms with Crippen molar-refractivity contribution in [3.63, 3.8) is 0 Å². The summed E-state index contributed by atoms with van der Waals surface area (Å²) >= 11 is 6.00. The Hall–Kier alpha value is -3.23. The third-order valence-electron chi connectivity index (χ3n) is 5.46. The van der Waals surface area contributed by atoms with E-state index < -0.39 is 22.5 Å². The van der Waals surface area contributed by atoms with Crippen LogP contribution in [-0.2, 0) is 21.2 Å². The highest BCUT2D eigenvalue weighted by molar-refractivity contribution is 7.92. The number of nitrogens with zero attached hydrogens (tertiary/aromatic N) is 1. The summed E-state index contributed by atoms with van der Waals surface area (Å²) in [6.07, 6.45) is 1.52. The van der Waals surface area contributed by atoms with E-state index in [0.29, 0.717) is 16.5 Å². The van der Waals surface area contributed by atoms with Crippen molar-refractivity contribution >= 4 is 33.2 Å². The lowest BCUT2D eigenvalue weighted by atomic mass is 10.1. The predicted molar refractivity (Wildman–Crippen MR) is 138 cm³/mol. The van der Waals surface area contributed by atoms with Gasteiger partial charge in [-0.2, -0.15) is 0 Å². The molecule has 0 aliphatic rings. The number of aryl methyl sites for hydroxylation is 1. The van der Waals surface area contributed by atoms with Crippen LogP contribution in [0.4, 0.5) is 5.69 Å².